The van der Waals surface area contributed by atoms with Crippen LogP contribution in [0.15, 0.2) is 40.8 Å². The molecule has 0 aromatic heterocycles. The first-order valence-electron chi connectivity index (χ1n) is 15.1. The summed E-state index contributed by atoms with van der Waals surface area (Å²) in [6.45, 7) is 12.8. The molecule has 7 unspecified atom stereocenters. The van der Waals surface area contributed by atoms with Gasteiger partial charge in [-0.2, -0.15) is 0 Å². The number of ether oxygens (including phenoxy) is 2. The summed E-state index contributed by atoms with van der Waals surface area (Å²) in [6, 6.07) is 4.36. The van der Waals surface area contributed by atoms with Crippen LogP contribution in [0.25, 0.3) is 0 Å². The molecule has 6 heteroatoms. The number of allylic oxidation sites excluding steroid dienone is 4. The van der Waals surface area contributed by atoms with E-state index in [0.29, 0.717) is 12.2 Å². The minimum absolute atomic E-state index is 0.0135. The zero-order chi connectivity index (χ0) is 28.6. The smallest absolute Gasteiger partial charge is 0.178 e. The normalized spacial score (nSPS) is 41.7. The van der Waals surface area contributed by atoms with Crippen LogP contribution < -0.4 is 0 Å². The Hall–Kier alpha value is -1.73. The number of aryl methyl sites for hydroxylation is 3. The van der Waals surface area contributed by atoms with E-state index in [-0.39, 0.29) is 47.1 Å². The Labute approximate surface area is 243 Å². The van der Waals surface area contributed by atoms with Crippen molar-refractivity contribution < 1.29 is 24.2 Å². The van der Waals surface area contributed by atoms with E-state index >= 15 is 0 Å². The maximum atomic E-state index is 14.6. The van der Waals surface area contributed by atoms with E-state index in [1.54, 1.807) is 23.9 Å². The molecule has 0 amide bonds. The molecule has 5 aliphatic rings. The molecule has 1 aromatic rings. The van der Waals surface area contributed by atoms with Crippen molar-refractivity contribution in [2.75, 3.05) is 5.75 Å². The Kier molecular flexibility index (Phi) is 7.05. The second-order valence-electron chi connectivity index (χ2n) is 13.6. The largest absolute Gasteiger partial charge is 0.393 e. The van der Waals surface area contributed by atoms with Crippen LogP contribution in [-0.2, 0) is 19.1 Å². The van der Waals surface area contributed by atoms with Crippen molar-refractivity contribution in [3.8, 4) is 0 Å². The van der Waals surface area contributed by atoms with Crippen LogP contribution in [0, 0.1) is 49.4 Å². The number of fused-ring (bicyclic) bond motifs is 7. The van der Waals surface area contributed by atoms with Crippen LogP contribution in [0.1, 0.15) is 76.0 Å². The van der Waals surface area contributed by atoms with E-state index in [4.69, 9.17) is 9.47 Å². The molecule has 4 fully saturated rings. The van der Waals surface area contributed by atoms with Crippen LogP contribution in [-0.4, -0.2) is 46.5 Å². The fourth-order valence-electron chi connectivity index (χ4n) is 9.64. The van der Waals surface area contributed by atoms with Crippen LogP contribution >= 0.6 is 11.8 Å². The number of Topliss-reactive ketones (excluding diaryl/α,β-unsaturated/α-hetero) is 1. The van der Waals surface area contributed by atoms with E-state index in [2.05, 4.69) is 53.7 Å². The van der Waals surface area contributed by atoms with Crippen molar-refractivity contribution in [2.24, 2.45) is 28.6 Å². The molecule has 40 heavy (non-hydrogen) atoms. The fourth-order valence-corrected chi connectivity index (χ4v) is 10.7. The third-order valence-corrected chi connectivity index (χ3v) is 12.5. The molecular weight excluding hydrogens is 520 g/mol. The number of rotatable bonds is 6. The molecular formula is C34H44O5S. The molecule has 1 aromatic carbocycles. The van der Waals surface area contributed by atoms with Crippen LogP contribution in [0.2, 0.25) is 0 Å². The summed E-state index contributed by atoms with van der Waals surface area (Å²) in [5.74, 6) is 0.915. The average Bonchev–Trinajstić information content (AvgIpc) is 3.35. The minimum Gasteiger partial charge on any atom is -0.393 e. The summed E-state index contributed by atoms with van der Waals surface area (Å²) in [5.41, 5.74) is 2.84. The molecule has 1 heterocycles. The van der Waals surface area contributed by atoms with E-state index in [9.17, 15) is 14.7 Å². The summed E-state index contributed by atoms with van der Waals surface area (Å²) in [4.78, 5) is 27.9. The molecule has 0 radical (unpaired) electrons. The zero-order valence-corrected chi connectivity index (χ0v) is 25.6. The Morgan fingerprint density at radius 2 is 1.90 bits per heavy atom. The molecule has 0 spiro atoms. The van der Waals surface area contributed by atoms with Crippen molar-refractivity contribution in [3.05, 3.63) is 52.6 Å². The lowest BCUT2D eigenvalue weighted by Crippen LogP contribution is -2.63. The van der Waals surface area contributed by atoms with Gasteiger partial charge in [0.15, 0.2) is 23.5 Å². The first-order valence-corrected chi connectivity index (χ1v) is 16.1. The molecule has 1 N–H and O–H groups in total. The van der Waals surface area contributed by atoms with Crippen molar-refractivity contribution in [1.29, 1.82) is 0 Å². The second kappa shape index (κ2) is 9.93. The van der Waals surface area contributed by atoms with Gasteiger partial charge in [-0.25, -0.2) is 0 Å². The number of aliphatic hydroxyl groups is 1. The summed E-state index contributed by atoms with van der Waals surface area (Å²) >= 11 is 1.62. The third-order valence-electron chi connectivity index (χ3n) is 11.2. The van der Waals surface area contributed by atoms with Gasteiger partial charge in [0.1, 0.15) is 0 Å². The van der Waals surface area contributed by atoms with Crippen molar-refractivity contribution in [1.82, 2.24) is 0 Å². The van der Waals surface area contributed by atoms with Gasteiger partial charge in [0.25, 0.3) is 0 Å². The third kappa shape index (κ3) is 4.00. The van der Waals surface area contributed by atoms with Crippen molar-refractivity contribution in [3.63, 3.8) is 0 Å². The first kappa shape index (κ1) is 28.4. The molecule has 1 aliphatic heterocycles. The average molecular weight is 565 g/mol. The highest BCUT2D eigenvalue weighted by atomic mass is 32.2. The lowest BCUT2D eigenvalue weighted by atomic mass is 9.46. The van der Waals surface area contributed by atoms with E-state index in [0.717, 1.165) is 42.6 Å². The van der Waals surface area contributed by atoms with Gasteiger partial charge in [-0.1, -0.05) is 56.5 Å². The highest BCUT2D eigenvalue weighted by Crippen LogP contribution is 2.69. The number of aliphatic hydroxyl groups excluding tert-OH is 1. The molecule has 216 valence electrons. The minimum atomic E-state index is -1.06. The van der Waals surface area contributed by atoms with Crippen molar-refractivity contribution >= 4 is 23.3 Å². The predicted molar refractivity (Wildman–Crippen MR) is 157 cm³/mol. The second-order valence-corrected chi connectivity index (χ2v) is 14.6. The number of thioether (sulfide) groups is 1. The zero-order valence-electron chi connectivity index (χ0n) is 24.8. The molecule has 9 atom stereocenters. The quantitative estimate of drug-likeness (QED) is 0.401. The standard InChI is InChI=1S/C34H44O5S/c1-7-8-29-38-28-16-25-24-10-9-22-15-23(35)11-12-32(22,5)30(24)26(36)17-33(25,6)34(28,39-29)27(37)18-40-31-20(3)13-19(2)14-21(31)4/h11-15,24-26,28-30,36H,7-10,16-18H2,1-6H3/t24?,25?,26?,28-,29?,30?,32?,33?,34-/m1/s1. The number of hydrogen-bond donors (Lipinski definition) is 1. The van der Waals surface area contributed by atoms with Gasteiger partial charge < -0.3 is 14.6 Å². The Morgan fingerprint density at radius 3 is 2.60 bits per heavy atom. The lowest BCUT2D eigenvalue weighted by Gasteiger charge is -2.59. The van der Waals surface area contributed by atoms with Gasteiger partial charge in [0.2, 0.25) is 0 Å². The predicted octanol–water partition coefficient (Wildman–Crippen LogP) is 6.44. The number of hydrogen-bond acceptors (Lipinski definition) is 6. The first-order chi connectivity index (χ1) is 18.9. The molecule has 3 saturated carbocycles. The van der Waals surface area contributed by atoms with Gasteiger partial charge in [-0.15, -0.1) is 11.8 Å². The maximum Gasteiger partial charge on any atom is 0.178 e. The van der Waals surface area contributed by atoms with Crippen LogP contribution in [0.5, 0.6) is 0 Å². The topological polar surface area (TPSA) is 72.8 Å². The van der Waals surface area contributed by atoms with Gasteiger partial charge in [0.05, 0.1) is 18.0 Å². The van der Waals surface area contributed by atoms with E-state index in [1.165, 1.54) is 16.7 Å². The Balaban J connectivity index is 1.35. The van der Waals surface area contributed by atoms with Crippen LogP contribution in [0.3, 0.4) is 0 Å². The van der Waals surface area contributed by atoms with E-state index in [1.807, 2.05) is 6.08 Å². The number of ketones is 2. The highest BCUT2D eigenvalue weighted by molar-refractivity contribution is 8.00. The van der Waals surface area contributed by atoms with Crippen LogP contribution in [0.4, 0.5) is 0 Å². The highest BCUT2D eigenvalue weighted by Gasteiger charge is 2.75. The number of benzene rings is 1. The molecule has 0 bridgehead atoms. The van der Waals surface area contributed by atoms with Gasteiger partial charge in [0, 0.05) is 21.6 Å². The Bertz CT molecular complexity index is 1280. The summed E-state index contributed by atoms with van der Waals surface area (Å²) in [6.07, 6.45) is 8.95. The number of carbonyl (C=O) groups excluding carboxylic acids is 2. The SMILES string of the molecule is CCCC1O[C@@H]2CC3C4CCC5=CC(=O)C=CC5(C)C4C(O)CC3(C)[C@]2(C(=O)CSc2c(C)cc(C)cc2C)O1. The van der Waals surface area contributed by atoms with Gasteiger partial charge in [-0.05, 0) is 88.0 Å². The summed E-state index contributed by atoms with van der Waals surface area (Å²) < 4.78 is 13.4. The van der Waals surface area contributed by atoms with Gasteiger partial charge in [-0.3, -0.25) is 9.59 Å². The number of carbonyl (C=O) groups is 2. The lowest BCUT2D eigenvalue weighted by molar-refractivity contribution is -0.197. The molecule has 4 aliphatic carbocycles. The maximum absolute atomic E-state index is 14.6. The molecule has 6 rings (SSSR count). The Morgan fingerprint density at radius 1 is 1.18 bits per heavy atom. The summed E-state index contributed by atoms with van der Waals surface area (Å²) in [7, 11) is 0. The molecule has 1 saturated heterocycles. The fraction of sp³-hybridized carbons (Fsp3) is 0.647. The molecule has 5 nitrogen and oxygen atoms in total. The van der Waals surface area contributed by atoms with Crippen molar-refractivity contribution in [2.45, 2.75) is 109 Å². The van der Waals surface area contributed by atoms with E-state index < -0.39 is 17.1 Å². The monoisotopic (exact) mass is 564 g/mol. The summed E-state index contributed by atoms with van der Waals surface area (Å²) in [5, 5.41) is 11.9. The van der Waals surface area contributed by atoms with Gasteiger partial charge >= 0.3 is 0 Å².